The summed E-state index contributed by atoms with van der Waals surface area (Å²) in [6, 6.07) is 3.41. The fraction of sp³-hybridized carbons (Fsp3) is 0.333. The second kappa shape index (κ2) is 5.16. The number of carbonyl (C=O) groups is 2. The van der Waals surface area contributed by atoms with Crippen LogP contribution in [0.15, 0.2) is 18.3 Å². The van der Waals surface area contributed by atoms with Crippen LogP contribution in [-0.4, -0.2) is 21.0 Å². The topological polar surface area (TPSA) is 50.3 Å². The molecule has 94 valence electrons. The molecule has 2 amide bonds. The van der Waals surface area contributed by atoms with Crippen molar-refractivity contribution < 1.29 is 9.59 Å². The van der Waals surface area contributed by atoms with Gasteiger partial charge in [-0.2, -0.15) is 0 Å². The number of aromatic nitrogens is 1. The Hall–Kier alpha value is -1.27. The average Bonchev–Trinajstić information content (AvgIpc) is 2.68. The SMILES string of the molecule is CC(C(=S)S)c1ncccc1N1C(=O)CCC1=O. The molecule has 1 atom stereocenters. The second-order valence-electron chi connectivity index (χ2n) is 4.09. The number of pyridine rings is 1. The minimum atomic E-state index is -0.194. The summed E-state index contributed by atoms with van der Waals surface area (Å²) >= 11 is 9.17. The molecule has 1 aromatic rings. The number of thiocarbonyl (C=S) groups is 1. The minimum absolute atomic E-state index is 0.188. The Morgan fingerprint density at radius 2 is 2.06 bits per heavy atom. The van der Waals surface area contributed by atoms with Gasteiger partial charge < -0.3 is 0 Å². The Labute approximate surface area is 116 Å². The summed E-state index contributed by atoms with van der Waals surface area (Å²) in [5, 5.41) is 0. The molecule has 1 unspecified atom stereocenters. The highest BCUT2D eigenvalue weighted by atomic mass is 32.1. The number of hydrogen-bond donors (Lipinski definition) is 1. The van der Waals surface area contributed by atoms with Gasteiger partial charge in [-0.3, -0.25) is 14.6 Å². The van der Waals surface area contributed by atoms with Gasteiger partial charge in [0.2, 0.25) is 11.8 Å². The molecule has 0 radical (unpaired) electrons. The van der Waals surface area contributed by atoms with Crippen LogP contribution in [0.5, 0.6) is 0 Å². The van der Waals surface area contributed by atoms with Gasteiger partial charge in [-0.05, 0) is 12.1 Å². The third-order valence-electron chi connectivity index (χ3n) is 2.89. The number of nitrogens with zero attached hydrogens (tertiary/aromatic N) is 2. The van der Waals surface area contributed by atoms with E-state index in [1.54, 1.807) is 18.3 Å². The number of anilines is 1. The molecule has 0 aliphatic carbocycles. The van der Waals surface area contributed by atoms with Crippen molar-refractivity contribution in [3.63, 3.8) is 0 Å². The molecule has 4 nitrogen and oxygen atoms in total. The lowest BCUT2D eigenvalue weighted by atomic mass is 10.1. The molecule has 6 heteroatoms. The lowest BCUT2D eigenvalue weighted by molar-refractivity contribution is -0.121. The summed E-state index contributed by atoms with van der Waals surface area (Å²) in [5.41, 5.74) is 1.13. The highest BCUT2D eigenvalue weighted by molar-refractivity contribution is 8.11. The zero-order valence-corrected chi connectivity index (χ0v) is 11.5. The second-order valence-corrected chi connectivity index (χ2v) is 5.31. The maximum Gasteiger partial charge on any atom is 0.234 e. The molecular formula is C12H12N2O2S2. The van der Waals surface area contributed by atoms with Crippen molar-refractivity contribution in [2.24, 2.45) is 0 Å². The summed E-state index contributed by atoms with van der Waals surface area (Å²) in [5.74, 6) is -0.571. The summed E-state index contributed by atoms with van der Waals surface area (Å²) in [7, 11) is 0. The van der Waals surface area contributed by atoms with E-state index in [0.29, 0.717) is 15.6 Å². The molecule has 2 heterocycles. The first kappa shape index (κ1) is 13.2. The lowest BCUT2D eigenvalue weighted by Gasteiger charge is -2.20. The summed E-state index contributed by atoms with van der Waals surface area (Å²) in [6.07, 6.45) is 2.13. The first-order valence-electron chi connectivity index (χ1n) is 5.56. The zero-order chi connectivity index (χ0) is 13.3. The van der Waals surface area contributed by atoms with Crippen LogP contribution in [-0.2, 0) is 9.59 Å². The standard InChI is InChI=1S/C12H12N2O2S2/c1-7(12(17)18)11-8(3-2-6-13-11)14-9(15)4-5-10(14)16/h2-3,6-7H,4-5H2,1H3,(H,17,18). The molecule has 0 bridgehead atoms. The summed E-state index contributed by atoms with van der Waals surface area (Å²) in [6.45, 7) is 1.85. The fourth-order valence-electron chi connectivity index (χ4n) is 1.89. The van der Waals surface area contributed by atoms with Gasteiger partial charge in [0.15, 0.2) is 0 Å². The van der Waals surface area contributed by atoms with E-state index < -0.39 is 0 Å². The van der Waals surface area contributed by atoms with E-state index in [2.05, 4.69) is 17.6 Å². The normalized spacial score (nSPS) is 17.1. The molecule has 1 aliphatic heterocycles. The summed E-state index contributed by atoms with van der Waals surface area (Å²) < 4.78 is 0.481. The minimum Gasteiger partial charge on any atom is -0.274 e. The fourth-order valence-corrected chi connectivity index (χ4v) is 2.13. The van der Waals surface area contributed by atoms with Crippen LogP contribution in [0, 0.1) is 0 Å². The van der Waals surface area contributed by atoms with Crippen molar-refractivity contribution in [1.29, 1.82) is 0 Å². The van der Waals surface area contributed by atoms with Crippen LogP contribution in [0.3, 0.4) is 0 Å². The number of amides is 2. The van der Waals surface area contributed by atoms with Gasteiger partial charge in [-0.25, -0.2) is 4.90 Å². The van der Waals surface area contributed by atoms with Crippen LogP contribution >= 0.6 is 24.8 Å². The molecule has 1 saturated heterocycles. The van der Waals surface area contributed by atoms with Crippen molar-refractivity contribution in [3.05, 3.63) is 24.0 Å². The highest BCUT2D eigenvalue weighted by Crippen LogP contribution is 2.30. The van der Waals surface area contributed by atoms with Gasteiger partial charge in [0.1, 0.15) is 0 Å². The molecule has 1 fully saturated rings. The Morgan fingerprint density at radius 1 is 1.44 bits per heavy atom. The first-order valence-corrected chi connectivity index (χ1v) is 6.41. The Bertz CT molecular complexity index is 515. The van der Waals surface area contributed by atoms with Crippen molar-refractivity contribution in [2.45, 2.75) is 25.7 Å². The van der Waals surface area contributed by atoms with Gasteiger partial charge >= 0.3 is 0 Å². The van der Waals surface area contributed by atoms with Crippen LogP contribution < -0.4 is 4.90 Å². The van der Waals surface area contributed by atoms with Crippen molar-refractivity contribution in [2.75, 3.05) is 4.90 Å². The maximum absolute atomic E-state index is 11.8. The number of rotatable bonds is 3. The molecule has 0 aromatic carbocycles. The number of hydrogen-bond acceptors (Lipinski definition) is 4. The van der Waals surface area contributed by atoms with Crippen LogP contribution in [0.1, 0.15) is 31.4 Å². The van der Waals surface area contributed by atoms with E-state index in [9.17, 15) is 9.59 Å². The van der Waals surface area contributed by atoms with Crippen molar-refractivity contribution in [3.8, 4) is 0 Å². The van der Waals surface area contributed by atoms with Crippen molar-refractivity contribution >= 4 is 46.5 Å². The van der Waals surface area contributed by atoms with Crippen molar-refractivity contribution in [1.82, 2.24) is 4.98 Å². The van der Waals surface area contributed by atoms with Gasteiger partial charge in [0.05, 0.1) is 15.6 Å². The number of imide groups is 1. The third-order valence-corrected chi connectivity index (χ3v) is 3.63. The van der Waals surface area contributed by atoms with Crippen LogP contribution in [0.25, 0.3) is 0 Å². The van der Waals surface area contributed by atoms with Crippen LogP contribution in [0.2, 0.25) is 0 Å². The Morgan fingerprint density at radius 3 is 2.61 bits per heavy atom. The Balaban J connectivity index is 2.48. The molecular weight excluding hydrogens is 268 g/mol. The monoisotopic (exact) mass is 280 g/mol. The average molecular weight is 280 g/mol. The molecule has 2 rings (SSSR count). The van der Waals surface area contributed by atoms with E-state index in [-0.39, 0.29) is 30.6 Å². The van der Waals surface area contributed by atoms with Gasteiger partial charge in [-0.15, -0.1) is 12.6 Å². The molecule has 18 heavy (non-hydrogen) atoms. The molecule has 0 N–H and O–H groups in total. The quantitative estimate of drug-likeness (QED) is 0.523. The van der Waals surface area contributed by atoms with Crippen LogP contribution in [0.4, 0.5) is 5.69 Å². The summed E-state index contributed by atoms with van der Waals surface area (Å²) in [4.78, 5) is 28.9. The predicted octanol–water partition coefficient (Wildman–Crippen LogP) is 2.10. The number of carbonyl (C=O) groups excluding carboxylic acids is 2. The zero-order valence-electron chi connectivity index (χ0n) is 9.79. The third kappa shape index (κ3) is 2.30. The molecule has 1 aliphatic rings. The maximum atomic E-state index is 11.8. The predicted molar refractivity (Wildman–Crippen MR) is 76.0 cm³/mol. The van der Waals surface area contributed by atoms with Gasteiger partial charge in [0.25, 0.3) is 0 Å². The number of thiol groups is 1. The van der Waals surface area contributed by atoms with E-state index in [1.165, 1.54) is 4.90 Å². The lowest BCUT2D eigenvalue weighted by Crippen LogP contribution is -2.30. The van der Waals surface area contributed by atoms with Gasteiger partial charge in [-0.1, -0.05) is 19.1 Å². The highest BCUT2D eigenvalue weighted by Gasteiger charge is 2.33. The Kier molecular flexibility index (Phi) is 3.77. The smallest absolute Gasteiger partial charge is 0.234 e. The largest absolute Gasteiger partial charge is 0.274 e. The molecule has 1 aromatic heterocycles. The molecule has 0 saturated carbocycles. The van der Waals surface area contributed by atoms with Gasteiger partial charge in [0, 0.05) is 25.0 Å². The van der Waals surface area contributed by atoms with E-state index in [0.717, 1.165) is 0 Å². The first-order chi connectivity index (χ1) is 8.52. The molecule has 0 spiro atoms. The van der Waals surface area contributed by atoms with E-state index in [1.807, 2.05) is 6.92 Å². The van der Waals surface area contributed by atoms with E-state index in [4.69, 9.17) is 12.2 Å². The van der Waals surface area contributed by atoms with E-state index >= 15 is 0 Å².